The number of benzene rings is 5. The van der Waals surface area contributed by atoms with Gasteiger partial charge in [-0.2, -0.15) is 0 Å². The molecule has 3 aliphatic carbocycles. The third-order valence-corrected chi connectivity index (χ3v) is 11.1. The predicted octanol–water partition coefficient (Wildman–Crippen LogP) is 9.96. The summed E-state index contributed by atoms with van der Waals surface area (Å²) in [7, 11) is 0. The second-order valence-corrected chi connectivity index (χ2v) is 13.9. The van der Waals surface area contributed by atoms with Crippen LogP contribution in [0.25, 0.3) is 68.1 Å². The highest BCUT2D eigenvalue weighted by molar-refractivity contribution is 5.75. The highest BCUT2D eigenvalue weighted by atomic mass is 15.0. The van der Waals surface area contributed by atoms with Crippen LogP contribution in [0.4, 0.5) is 0 Å². The molecule has 2 aromatic heterocycles. The first-order chi connectivity index (χ1) is 24.2. The van der Waals surface area contributed by atoms with Gasteiger partial charge in [0.2, 0.25) is 0 Å². The summed E-state index contributed by atoms with van der Waals surface area (Å²) < 4.78 is 0. The fourth-order valence-corrected chi connectivity index (χ4v) is 8.78. The van der Waals surface area contributed by atoms with Gasteiger partial charge in [-0.05, 0) is 60.1 Å². The van der Waals surface area contributed by atoms with Crippen molar-refractivity contribution < 1.29 is 0 Å². The van der Waals surface area contributed by atoms with E-state index in [0.717, 1.165) is 68.3 Å². The Morgan fingerprint density at radius 2 is 0.837 bits per heavy atom. The van der Waals surface area contributed by atoms with Gasteiger partial charge < -0.3 is 0 Å². The van der Waals surface area contributed by atoms with Crippen molar-refractivity contribution in [3.05, 3.63) is 151 Å². The summed E-state index contributed by atoms with van der Waals surface area (Å²) in [5, 5.41) is 0. The Bertz CT molecular complexity index is 2250. The Hall–Kier alpha value is -5.81. The molecule has 10 rings (SSSR count). The van der Waals surface area contributed by atoms with Crippen molar-refractivity contribution in [2.24, 2.45) is 17.8 Å². The molecule has 0 bridgehead atoms. The highest BCUT2D eigenvalue weighted by Gasteiger charge is 2.71. The summed E-state index contributed by atoms with van der Waals surface area (Å²) in [6.45, 7) is 0. The summed E-state index contributed by atoms with van der Waals surface area (Å²) >= 11 is 0. The van der Waals surface area contributed by atoms with Crippen LogP contribution in [0.15, 0.2) is 146 Å². The van der Waals surface area contributed by atoms with E-state index in [4.69, 9.17) is 24.9 Å². The van der Waals surface area contributed by atoms with Crippen LogP contribution in [-0.2, 0) is 5.41 Å². The van der Waals surface area contributed by atoms with Crippen LogP contribution < -0.4 is 0 Å². The molecule has 0 amide bonds. The molecule has 2 unspecified atom stereocenters. The molecule has 3 saturated carbocycles. The zero-order valence-electron chi connectivity index (χ0n) is 26.9. The average Bonchev–Trinajstić information content (AvgIpc) is 3.18. The van der Waals surface area contributed by atoms with Gasteiger partial charge in [-0.15, -0.1) is 0 Å². The van der Waals surface area contributed by atoms with Crippen LogP contribution in [0.1, 0.15) is 24.8 Å². The zero-order valence-corrected chi connectivity index (χ0v) is 26.9. The molecule has 2 atom stereocenters. The molecule has 0 aliphatic heterocycles. The lowest BCUT2D eigenvalue weighted by molar-refractivity contribution is -0.219. The number of nitrogens with zero attached hydrogens (tertiary/aromatic N) is 5. The van der Waals surface area contributed by atoms with Crippen molar-refractivity contribution in [2.45, 2.75) is 24.7 Å². The SMILES string of the molecule is c1ccc(-c2cc(-c3cccc(-c4nc(-c5ccccc5)nc(-c5ccccc5)n4)c3)nc(-c3ccc(C45CC6CC(C4)C65)cc3)n2)cc1. The lowest BCUT2D eigenvalue weighted by Crippen LogP contribution is -2.71. The summed E-state index contributed by atoms with van der Waals surface area (Å²) in [5.41, 5.74) is 9.55. The minimum Gasteiger partial charge on any atom is -0.228 e. The summed E-state index contributed by atoms with van der Waals surface area (Å²) in [6, 6.07) is 50.1. The van der Waals surface area contributed by atoms with Crippen LogP contribution in [0.2, 0.25) is 0 Å². The molecule has 234 valence electrons. The Labute approximate surface area is 285 Å². The molecule has 5 aromatic carbocycles. The Balaban J connectivity index is 1.06. The quantitative estimate of drug-likeness (QED) is 0.175. The van der Waals surface area contributed by atoms with Crippen LogP contribution >= 0.6 is 0 Å². The molecule has 3 fully saturated rings. The van der Waals surface area contributed by atoms with Gasteiger partial charge in [-0.1, -0.05) is 133 Å². The number of hydrogen-bond donors (Lipinski definition) is 0. The largest absolute Gasteiger partial charge is 0.228 e. The Morgan fingerprint density at radius 3 is 1.39 bits per heavy atom. The first-order valence-electron chi connectivity index (χ1n) is 17.2. The van der Waals surface area contributed by atoms with E-state index in [1.165, 1.54) is 24.8 Å². The van der Waals surface area contributed by atoms with Gasteiger partial charge >= 0.3 is 0 Å². The van der Waals surface area contributed by atoms with E-state index in [-0.39, 0.29) is 0 Å². The van der Waals surface area contributed by atoms with Gasteiger partial charge in [0.05, 0.1) is 11.4 Å². The van der Waals surface area contributed by atoms with Crippen molar-refractivity contribution in [3.63, 3.8) is 0 Å². The van der Waals surface area contributed by atoms with E-state index in [9.17, 15) is 0 Å². The van der Waals surface area contributed by atoms with E-state index in [1.807, 2.05) is 66.7 Å². The van der Waals surface area contributed by atoms with Gasteiger partial charge in [0.1, 0.15) is 0 Å². The van der Waals surface area contributed by atoms with Crippen LogP contribution in [0, 0.1) is 17.8 Å². The van der Waals surface area contributed by atoms with Gasteiger partial charge in [-0.25, -0.2) is 24.9 Å². The maximum atomic E-state index is 5.17. The van der Waals surface area contributed by atoms with Gasteiger partial charge in [-0.3, -0.25) is 0 Å². The maximum Gasteiger partial charge on any atom is 0.164 e. The number of hydrogen-bond acceptors (Lipinski definition) is 5. The van der Waals surface area contributed by atoms with Gasteiger partial charge in [0.15, 0.2) is 23.3 Å². The number of rotatable bonds is 7. The third-order valence-electron chi connectivity index (χ3n) is 11.1. The summed E-state index contributed by atoms with van der Waals surface area (Å²) in [5.74, 6) is 5.52. The van der Waals surface area contributed by atoms with Gasteiger partial charge in [0, 0.05) is 33.4 Å². The fourth-order valence-electron chi connectivity index (χ4n) is 8.78. The topological polar surface area (TPSA) is 64.5 Å². The second kappa shape index (κ2) is 11.1. The fraction of sp³-hybridized carbons (Fsp3) is 0.159. The zero-order chi connectivity index (χ0) is 32.4. The predicted molar refractivity (Wildman–Crippen MR) is 194 cm³/mol. The first-order valence-corrected chi connectivity index (χ1v) is 17.2. The third kappa shape index (κ3) is 4.72. The molecule has 0 saturated heterocycles. The lowest BCUT2D eigenvalue weighted by Gasteiger charge is -2.76. The normalized spacial score (nSPS) is 21.5. The molecule has 0 N–H and O–H groups in total. The molecule has 2 heterocycles. The first kappa shape index (κ1) is 28.2. The molecule has 0 radical (unpaired) electrons. The molecular weight excluding hydrogens is 599 g/mol. The molecule has 49 heavy (non-hydrogen) atoms. The second-order valence-electron chi connectivity index (χ2n) is 13.9. The van der Waals surface area contributed by atoms with E-state index >= 15 is 0 Å². The van der Waals surface area contributed by atoms with E-state index in [0.29, 0.717) is 22.9 Å². The average molecular weight is 632 g/mol. The number of aromatic nitrogens is 5. The molecule has 5 heteroatoms. The van der Waals surface area contributed by atoms with Crippen LogP contribution in [0.5, 0.6) is 0 Å². The standard InChI is InChI=1S/C44H33N5/c1-4-11-28(12-5-1)37-25-38(46-40(45-37)31-19-21-36(22-20-31)44-26-34-24-35(27-44)39(34)44)32-17-10-18-33(23-32)43-48-41(29-13-6-2-7-14-29)47-42(49-43)30-15-8-3-9-16-30/h1-23,25,34-35,39H,24,26-27H2. The smallest absolute Gasteiger partial charge is 0.164 e. The van der Waals surface area contributed by atoms with Gasteiger partial charge in [0.25, 0.3) is 0 Å². The van der Waals surface area contributed by atoms with Crippen LogP contribution in [-0.4, -0.2) is 24.9 Å². The van der Waals surface area contributed by atoms with Crippen molar-refractivity contribution >= 4 is 0 Å². The summed E-state index contributed by atoms with van der Waals surface area (Å²) in [6.07, 6.45) is 4.20. The van der Waals surface area contributed by atoms with Crippen molar-refractivity contribution in [2.75, 3.05) is 0 Å². The minimum atomic E-state index is 0.445. The van der Waals surface area contributed by atoms with Crippen molar-refractivity contribution in [1.29, 1.82) is 0 Å². The van der Waals surface area contributed by atoms with E-state index in [2.05, 4.69) is 78.9 Å². The van der Waals surface area contributed by atoms with Crippen LogP contribution in [0.3, 0.4) is 0 Å². The van der Waals surface area contributed by atoms with Crippen molar-refractivity contribution in [1.82, 2.24) is 24.9 Å². The minimum absolute atomic E-state index is 0.445. The highest BCUT2D eigenvalue weighted by Crippen LogP contribution is 2.77. The van der Waals surface area contributed by atoms with E-state index < -0.39 is 0 Å². The monoisotopic (exact) mass is 631 g/mol. The molecule has 5 nitrogen and oxygen atoms in total. The Morgan fingerprint density at radius 1 is 0.388 bits per heavy atom. The van der Waals surface area contributed by atoms with Crippen molar-refractivity contribution in [3.8, 4) is 68.1 Å². The Kier molecular flexibility index (Phi) is 6.41. The molecular formula is C44H33N5. The maximum absolute atomic E-state index is 5.17. The summed E-state index contributed by atoms with van der Waals surface area (Å²) in [4.78, 5) is 25.1. The van der Waals surface area contributed by atoms with E-state index in [1.54, 1.807) is 0 Å². The molecule has 7 aromatic rings. The molecule has 0 spiro atoms. The molecule has 3 aliphatic rings. The lowest BCUT2D eigenvalue weighted by atomic mass is 9.28.